The number of imide groups is 1. The van der Waals surface area contributed by atoms with E-state index in [1.807, 2.05) is 24.4 Å². The third-order valence-corrected chi connectivity index (χ3v) is 12.2. The molecule has 1 aliphatic carbocycles. The van der Waals surface area contributed by atoms with E-state index in [1.54, 1.807) is 18.2 Å². The first-order valence-corrected chi connectivity index (χ1v) is 20.9. The number of halogens is 2. The van der Waals surface area contributed by atoms with E-state index in [2.05, 4.69) is 40.2 Å². The normalized spacial score (nSPS) is 19.2. The van der Waals surface area contributed by atoms with E-state index in [0.29, 0.717) is 47.5 Å². The number of fused-ring (bicyclic) bond motifs is 2. The summed E-state index contributed by atoms with van der Waals surface area (Å²) in [6.07, 6.45) is 20.7. The van der Waals surface area contributed by atoms with Gasteiger partial charge in [0.1, 0.15) is 11.5 Å². The van der Waals surface area contributed by atoms with E-state index in [9.17, 15) is 9.59 Å². The van der Waals surface area contributed by atoms with Gasteiger partial charge >= 0.3 is 0 Å². The number of unbranched alkanes of at least 4 members (excludes halogenated alkanes) is 8. The molecule has 8 nitrogen and oxygen atoms in total. The summed E-state index contributed by atoms with van der Waals surface area (Å²) in [4.78, 5) is 39.6. The molecule has 3 aliphatic rings. The van der Waals surface area contributed by atoms with Crippen molar-refractivity contribution in [3.63, 3.8) is 0 Å². The van der Waals surface area contributed by atoms with E-state index < -0.39 is 11.6 Å². The minimum atomic E-state index is -0.618. The van der Waals surface area contributed by atoms with Crippen LogP contribution in [0.2, 0.25) is 0 Å². The van der Waals surface area contributed by atoms with Crippen molar-refractivity contribution in [3.8, 4) is 17.0 Å². The molecule has 296 valence electrons. The summed E-state index contributed by atoms with van der Waals surface area (Å²) < 4.78 is 35.8. The fraction of sp³-hybridized carbons (Fsp3) is 0.500. The topological polar surface area (TPSA) is 97.3 Å². The highest BCUT2D eigenvalue weighted by Gasteiger charge is 2.34. The average Bonchev–Trinajstić information content (AvgIpc) is 3.45. The lowest BCUT2D eigenvalue weighted by Crippen LogP contribution is -2.30. The molecular formula is C46H55F2N5O3. The number of carbonyl (C=O) groups is 2. The fourth-order valence-corrected chi connectivity index (χ4v) is 8.95. The lowest BCUT2D eigenvalue weighted by molar-refractivity contribution is 0.0651. The van der Waals surface area contributed by atoms with Crippen LogP contribution in [0.15, 0.2) is 60.9 Å². The molecule has 0 spiro atoms. The Morgan fingerprint density at radius 1 is 0.786 bits per heavy atom. The summed E-state index contributed by atoms with van der Waals surface area (Å²) in [6.45, 7) is 5.19. The van der Waals surface area contributed by atoms with E-state index in [1.165, 1.54) is 87.2 Å². The maximum Gasteiger partial charge on any atom is 0.261 e. The third kappa shape index (κ3) is 9.27. The van der Waals surface area contributed by atoms with Gasteiger partial charge in [0.2, 0.25) is 5.95 Å². The molecule has 2 amide bonds. The second kappa shape index (κ2) is 18.5. The number of hydrogen-bond acceptors (Lipinski definition) is 7. The number of rotatable bonds is 17. The maximum absolute atomic E-state index is 15.1. The Bertz CT molecular complexity index is 1940. The van der Waals surface area contributed by atoms with Gasteiger partial charge in [0.05, 0.1) is 23.9 Å². The summed E-state index contributed by atoms with van der Waals surface area (Å²) in [5.74, 6) is 1.34. The molecule has 1 unspecified atom stereocenters. The van der Waals surface area contributed by atoms with Crippen LogP contribution in [0, 0.1) is 23.5 Å². The van der Waals surface area contributed by atoms with E-state index in [0.717, 1.165) is 43.4 Å². The minimum Gasteiger partial charge on any atom is -0.490 e. The largest absolute Gasteiger partial charge is 0.490 e. The zero-order valence-electron chi connectivity index (χ0n) is 32.9. The summed E-state index contributed by atoms with van der Waals surface area (Å²) >= 11 is 0. The summed E-state index contributed by atoms with van der Waals surface area (Å²) in [7, 11) is 0. The van der Waals surface area contributed by atoms with Gasteiger partial charge < -0.3 is 10.1 Å². The standard InChI is InChI=1S/C46H55F2N5O3/c1-30(2)35-23-25-56-43-38(35)26-34(27-39(43)47)42-40(48)29-50-46(52-42)51-41-22-21-33(28-49-41)32-19-17-31(18-20-32)14-10-8-6-4-3-5-7-9-13-24-53-44(54)36-15-11-12-16-37(36)45(53)55/h11-12,15-16,21-22,26-32,35H,3-10,13-14,17-20,23-25H2,1-2H3,(H,49,50,51,52). The summed E-state index contributed by atoms with van der Waals surface area (Å²) in [5, 5.41) is 3.11. The first kappa shape index (κ1) is 39.5. The number of ether oxygens (including phenoxy) is 1. The molecule has 2 aromatic carbocycles. The van der Waals surface area contributed by atoms with Crippen molar-refractivity contribution in [1.82, 2.24) is 19.9 Å². The molecule has 10 heteroatoms. The second-order valence-corrected chi connectivity index (χ2v) is 16.4. The number of aromatic nitrogens is 3. The molecule has 7 rings (SSSR count). The number of hydrogen-bond donors (Lipinski definition) is 1. The van der Waals surface area contributed by atoms with Crippen LogP contribution in [-0.4, -0.2) is 44.8 Å². The van der Waals surface area contributed by atoms with Gasteiger partial charge in [0.25, 0.3) is 11.8 Å². The predicted molar refractivity (Wildman–Crippen MR) is 215 cm³/mol. The monoisotopic (exact) mass is 763 g/mol. The molecule has 2 aromatic heterocycles. The Morgan fingerprint density at radius 2 is 1.46 bits per heavy atom. The van der Waals surface area contributed by atoms with Crippen molar-refractivity contribution >= 4 is 23.6 Å². The molecule has 0 saturated heterocycles. The van der Waals surface area contributed by atoms with Gasteiger partial charge in [-0.2, -0.15) is 0 Å². The smallest absolute Gasteiger partial charge is 0.261 e. The molecule has 0 bridgehead atoms. The molecule has 2 aliphatic heterocycles. The molecule has 4 heterocycles. The van der Waals surface area contributed by atoms with Crippen molar-refractivity contribution < 1.29 is 23.1 Å². The van der Waals surface area contributed by atoms with Crippen LogP contribution < -0.4 is 10.1 Å². The first-order chi connectivity index (χ1) is 27.3. The molecule has 4 aromatic rings. The van der Waals surface area contributed by atoms with E-state index in [4.69, 9.17) is 4.74 Å². The van der Waals surface area contributed by atoms with Crippen LogP contribution in [0.5, 0.6) is 5.75 Å². The number of pyridine rings is 1. The van der Waals surface area contributed by atoms with Gasteiger partial charge in [-0.15, -0.1) is 0 Å². The molecule has 0 radical (unpaired) electrons. The van der Waals surface area contributed by atoms with E-state index in [-0.39, 0.29) is 35.1 Å². The SMILES string of the molecule is CC(C)C1CCOc2c(F)cc(-c3nc(Nc4ccc(C5CCC(CCCCCCCCCCCN6C(=O)c7ccccc7C6=O)CC5)cn4)ncc3F)cc21. The third-order valence-electron chi connectivity index (χ3n) is 12.2. The van der Waals surface area contributed by atoms with Gasteiger partial charge in [0, 0.05) is 23.9 Å². The Kier molecular flexibility index (Phi) is 13.0. The number of amides is 2. The van der Waals surface area contributed by atoms with Gasteiger partial charge in [-0.3, -0.25) is 14.5 Å². The van der Waals surface area contributed by atoms with Crippen LogP contribution in [0.25, 0.3) is 11.3 Å². The molecule has 1 N–H and O–H groups in total. The lowest BCUT2D eigenvalue weighted by Gasteiger charge is -2.29. The van der Waals surface area contributed by atoms with Gasteiger partial charge in [-0.25, -0.2) is 23.7 Å². The van der Waals surface area contributed by atoms with Crippen molar-refractivity contribution in [2.45, 2.75) is 122 Å². The van der Waals surface area contributed by atoms with Gasteiger partial charge in [-0.05, 0) is 98.1 Å². The van der Waals surface area contributed by atoms with Crippen molar-refractivity contribution in [2.75, 3.05) is 18.5 Å². The Balaban J connectivity index is 0.777. The Morgan fingerprint density at radius 3 is 2.12 bits per heavy atom. The van der Waals surface area contributed by atoms with Crippen molar-refractivity contribution in [2.24, 2.45) is 11.8 Å². The van der Waals surface area contributed by atoms with Gasteiger partial charge in [-0.1, -0.05) is 89.8 Å². The van der Waals surface area contributed by atoms with Crippen LogP contribution in [0.3, 0.4) is 0 Å². The minimum absolute atomic E-state index is 0.0366. The lowest BCUT2D eigenvalue weighted by atomic mass is 9.77. The molecular weight excluding hydrogens is 709 g/mol. The molecule has 1 fully saturated rings. The van der Waals surface area contributed by atoms with Crippen LogP contribution in [-0.2, 0) is 0 Å². The fourth-order valence-electron chi connectivity index (χ4n) is 8.95. The number of benzene rings is 2. The van der Waals surface area contributed by atoms with Crippen molar-refractivity contribution in [1.29, 1.82) is 0 Å². The van der Waals surface area contributed by atoms with Crippen LogP contribution in [0.4, 0.5) is 20.5 Å². The van der Waals surface area contributed by atoms with E-state index >= 15 is 8.78 Å². The highest BCUT2D eigenvalue weighted by molar-refractivity contribution is 6.21. The van der Waals surface area contributed by atoms with Crippen LogP contribution >= 0.6 is 0 Å². The maximum atomic E-state index is 15.1. The number of carbonyl (C=O) groups excluding carboxylic acids is 2. The zero-order valence-corrected chi connectivity index (χ0v) is 32.9. The highest BCUT2D eigenvalue weighted by atomic mass is 19.1. The average molecular weight is 764 g/mol. The second-order valence-electron chi connectivity index (χ2n) is 16.4. The number of nitrogens with zero attached hydrogens (tertiary/aromatic N) is 4. The predicted octanol–water partition coefficient (Wildman–Crippen LogP) is 11.6. The number of anilines is 2. The summed E-state index contributed by atoms with van der Waals surface area (Å²) in [6, 6.07) is 14.2. The molecule has 1 atom stereocenters. The Hall–Kier alpha value is -4.73. The summed E-state index contributed by atoms with van der Waals surface area (Å²) in [5.41, 5.74) is 3.47. The Labute approximate surface area is 329 Å². The zero-order chi connectivity index (χ0) is 39.0. The first-order valence-electron chi connectivity index (χ1n) is 20.9. The van der Waals surface area contributed by atoms with Crippen LogP contribution in [0.1, 0.15) is 154 Å². The molecule has 1 saturated carbocycles. The van der Waals surface area contributed by atoms with Crippen molar-refractivity contribution in [3.05, 3.63) is 94.8 Å². The molecule has 56 heavy (non-hydrogen) atoms. The highest BCUT2D eigenvalue weighted by Crippen LogP contribution is 2.42. The van der Waals surface area contributed by atoms with Gasteiger partial charge in [0.15, 0.2) is 17.4 Å². The number of nitrogens with one attached hydrogen (secondary N) is 1. The quantitative estimate of drug-likeness (QED) is 0.0844.